The van der Waals surface area contributed by atoms with Crippen molar-refractivity contribution in [1.29, 1.82) is 0 Å². The molecule has 2 aromatic heterocycles. The molecule has 0 aliphatic carbocycles. The molecule has 6 nitrogen and oxygen atoms in total. The number of nitrogens with zero attached hydrogens (tertiary/aromatic N) is 3. The van der Waals surface area contributed by atoms with Gasteiger partial charge in [0.1, 0.15) is 5.69 Å². The Bertz CT molecular complexity index is 707. The van der Waals surface area contributed by atoms with Gasteiger partial charge in [-0.2, -0.15) is 23.1 Å². The van der Waals surface area contributed by atoms with Crippen molar-refractivity contribution in [3.8, 4) is 6.01 Å². The lowest BCUT2D eigenvalue weighted by molar-refractivity contribution is -0.141. The van der Waals surface area contributed by atoms with E-state index in [1.807, 2.05) is 0 Å². The van der Waals surface area contributed by atoms with Crippen molar-refractivity contribution < 1.29 is 22.7 Å². The van der Waals surface area contributed by atoms with Gasteiger partial charge in [-0.05, 0) is 26.0 Å². The van der Waals surface area contributed by atoms with Gasteiger partial charge in [0, 0.05) is 6.20 Å². The average molecular weight is 326 g/mol. The van der Waals surface area contributed by atoms with Crippen LogP contribution in [0.3, 0.4) is 0 Å². The van der Waals surface area contributed by atoms with Crippen molar-refractivity contribution in [2.45, 2.75) is 20.0 Å². The van der Waals surface area contributed by atoms with Crippen LogP contribution in [0.25, 0.3) is 0 Å². The molecule has 0 atom stereocenters. The zero-order chi connectivity index (χ0) is 17.2. The molecule has 1 amide bonds. The fourth-order valence-electron chi connectivity index (χ4n) is 1.84. The SMILES string of the molecule is COc1nc(C)c(NC(=O)c2ccc(C(F)(F)F)nc2)c(C)n1. The topological polar surface area (TPSA) is 77.0 Å². The van der Waals surface area contributed by atoms with Gasteiger partial charge in [-0.1, -0.05) is 0 Å². The quantitative estimate of drug-likeness (QED) is 0.938. The number of nitrogens with one attached hydrogen (secondary N) is 1. The van der Waals surface area contributed by atoms with Crippen molar-refractivity contribution in [3.05, 3.63) is 41.0 Å². The number of aryl methyl sites for hydroxylation is 2. The molecular formula is C14H13F3N4O2. The number of hydrogen-bond acceptors (Lipinski definition) is 5. The number of carbonyl (C=O) groups excluding carboxylic acids is 1. The summed E-state index contributed by atoms with van der Waals surface area (Å²) in [4.78, 5) is 23.4. The molecule has 2 rings (SSSR count). The van der Waals surface area contributed by atoms with Crippen LogP contribution in [0, 0.1) is 13.8 Å². The summed E-state index contributed by atoms with van der Waals surface area (Å²) >= 11 is 0. The highest BCUT2D eigenvalue weighted by Crippen LogP contribution is 2.27. The number of anilines is 1. The lowest BCUT2D eigenvalue weighted by Crippen LogP contribution is -2.16. The fourth-order valence-corrected chi connectivity index (χ4v) is 1.84. The summed E-state index contributed by atoms with van der Waals surface area (Å²) in [7, 11) is 1.42. The van der Waals surface area contributed by atoms with E-state index < -0.39 is 17.8 Å². The van der Waals surface area contributed by atoms with Crippen LogP contribution in [0.4, 0.5) is 18.9 Å². The van der Waals surface area contributed by atoms with Crippen molar-refractivity contribution in [3.63, 3.8) is 0 Å². The lowest BCUT2D eigenvalue weighted by atomic mass is 10.2. The van der Waals surface area contributed by atoms with Gasteiger partial charge in [0.2, 0.25) is 0 Å². The maximum absolute atomic E-state index is 12.5. The first-order valence-corrected chi connectivity index (χ1v) is 6.46. The minimum Gasteiger partial charge on any atom is -0.467 e. The molecule has 2 aromatic rings. The number of carbonyl (C=O) groups is 1. The summed E-state index contributed by atoms with van der Waals surface area (Å²) in [6.45, 7) is 3.30. The number of amides is 1. The second-order valence-electron chi connectivity index (χ2n) is 4.64. The van der Waals surface area contributed by atoms with Crippen LogP contribution in [-0.4, -0.2) is 28.0 Å². The maximum Gasteiger partial charge on any atom is 0.433 e. The molecule has 0 spiro atoms. The molecule has 0 fully saturated rings. The van der Waals surface area contributed by atoms with Crippen LogP contribution < -0.4 is 10.1 Å². The lowest BCUT2D eigenvalue weighted by Gasteiger charge is -2.12. The summed E-state index contributed by atoms with van der Waals surface area (Å²) in [5, 5.41) is 2.56. The second-order valence-corrected chi connectivity index (χ2v) is 4.64. The number of alkyl halides is 3. The highest BCUT2D eigenvalue weighted by molar-refractivity contribution is 6.04. The van der Waals surface area contributed by atoms with Crippen LogP contribution in [0.1, 0.15) is 27.4 Å². The fraction of sp³-hybridized carbons (Fsp3) is 0.286. The average Bonchev–Trinajstić information content (AvgIpc) is 2.49. The number of rotatable bonds is 3. The Morgan fingerprint density at radius 3 is 2.22 bits per heavy atom. The van der Waals surface area contributed by atoms with Gasteiger partial charge in [-0.3, -0.25) is 9.78 Å². The minimum atomic E-state index is -4.55. The van der Waals surface area contributed by atoms with Crippen LogP contribution in [0.5, 0.6) is 6.01 Å². The highest BCUT2D eigenvalue weighted by atomic mass is 19.4. The monoisotopic (exact) mass is 326 g/mol. The molecule has 0 saturated carbocycles. The Balaban J connectivity index is 2.23. The van der Waals surface area contributed by atoms with E-state index in [0.29, 0.717) is 17.1 Å². The molecule has 0 aliphatic rings. The standard InChI is InChI=1S/C14H13F3N4O2/c1-7-11(8(2)20-13(19-7)23-3)21-12(22)9-4-5-10(18-6-9)14(15,16)17/h4-6H,1-3H3,(H,21,22). The van der Waals surface area contributed by atoms with E-state index in [4.69, 9.17) is 4.74 Å². The van der Waals surface area contributed by atoms with E-state index in [1.165, 1.54) is 7.11 Å². The molecule has 0 aromatic carbocycles. The van der Waals surface area contributed by atoms with E-state index in [2.05, 4.69) is 20.3 Å². The molecule has 0 radical (unpaired) electrons. The van der Waals surface area contributed by atoms with E-state index in [0.717, 1.165) is 18.3 Å². The summed E-state index contributed by atoms with van der Waals surface area (Å²) in [6, 6.07) is 1.97. The normalized spacial score (nSPS) is 11.2. The van der Waals surface area contributed by atoms with Crippen molar-refractivity contribution in [1.82, 2.24) is 15.0 Å². The van der Waals surface area contributed by atoms with E-state index >= 15 is 0 Å². The number of ether oxygens (including phenoxy) is 1. The third-order valence-electron chi connectivity index (χ3n) is 2.99. The predicted molar refractivity (Wildman–Crippen MR) is 75.3 cm³/mol. The summed E-state index contributed by atoms with van der Waals surface area (Å²) in [5.41, 5.74) is 0.252. The Kier molecular flexibility index (Phi) is 4.48. The molecule has 2 heterocycles. The molecule has 0 bridgehead atoms. The summed E-state index contributed by atoms with van der Waals surface area (Å²) in [6.07, 6.45) is -3.68. The molecule has 9 heteroatoms. The summed E-state index contributed by atoms with van der Waals surface area (Å²) in [5.74, 6) is -0.605. The number of aromatic nitrogens is 3. The zero-order valence-electron chi connectivity index (χ0n) is 12.5. The van der Waals surface area contributed by atoms with Gasteiger partial charge in [-0.15, -0.1) is 0 Å². The smallest absolute Gasteiger partial charge is 0.433 e. The molecule has 1 N–H and O–H groups in total. The Labute approximate surface area is 129 Å². The number of pyridine rings is 1. The Morgan fingerprint density at radius 1 is 1.17 bits per heavy atom. The van der Waals surface area contributed by atoms with E-state index in [9.17, 15) is 18.0 Å². The first kappa shape index (κ1) is 16.7. The van der Waals surface area contributed by atoms with Gasteiger partial charge in [0.15, 0.2) is 0 Å². The number of methoxy groups -OCH3 is 1. The van der Waals surface area contributed by atoms with Crippen LogP contribution in [0.15, 0.2) is 18.3 Å². The van der Waals surface area contributed by atoms with Crippen LogP contribution >= 0.6 is 0 Å². The molecule has 0 saturated heterocycles. The molecule has 0 aliphatic heterocycles. The van der Waals surface area contributed by atoms with Crippen molar-refractivity contribution >= 4 is 11.6 Å². The highest BCUT2D eigenvalue weighted by Gasteiger charge is 2.32. The van der Waals surface area contributed by atoms with Crippen LogP contribution in [0.2, 0.25) is 0 Å². The molecule has 23 heavy (non-hydrogen) atoms. The largest absolute Gasteiger partial charge is 0.467 e. The Hall–Kier alpha value is -2.71. The van der Waals surface area contributed by atoms with Gasteiger partial charge in [0.25, 0.3) is 5.91 Å². The first-order valence-electron chi connectivity index (χ1n) is 6.46. The number of hydrogen-bond donors (Lipinski definition) is 1. The third kappa shape index (κ3) is 3.74. The Morgan fingerprint density at radius 2 is 1.78 bits per heavy atom. The van der Waals surface area contributed by atoms with Gasteiger partial charge in [0.05, 0.1) is 29.7 Å². The van der Waals surface area contributed by atoms with Crippen LogP contribution in [-0.2, 0) is 6.18 Å². The van der Waals surface area contributed by atoms with Gasteiger partial charge in [-0.25, -0.2) is 0 Å². The first-order chi connectivity index (χ1) is 10.7. The van der Waals surface area contributed by atoms with Crippen molar-refractivity contribution in [2.24, 2.45) is 0 Å². The van der Waals surface area contributed by atoms with E-state index in [-0.39, 0.29) is 11.6 Å². The third-order valence-corrected chi connectivity index (χ3v) is 2.99. The summed E-state index contributed by atoms with van der Waals surface area (Å²) < 4.78 is 42.3. The van der Waals surface area contributed by atoms with Gasteiger partial charge >= 0.3 is 12.2 Å². The maximum atomic E-state index is 12.5. The van der Waals surface area contributed by atoms with Crippen molar-refractivity contribution in [2.75, 3.05) is 12.4 Å². The van der Waals surface area contributed by atoms with Gasteiger partial charge < -0.3 is 10.1 Å². The molecule has 122 valence electrons. The zero-order valence-corrected chi connectivity index (χ0v) is 12.5. The second kappa shape index (κ2) is 6.19. The predicted octanol–water partition coefficient (Wildman–Crippen LogP) is 2.77. The minimum absolute atomic E-state index is 0.00684. The molecular weight excluding hydrogens is 313 g/mol. The van der Waals surface area contributed by atoms with E-state index in [1.54, 1.807) is 13.8 Å². The number of halogens is 3. The molecule has 0 unspecified atom stereocenters.